The number of hydrogen-bond acceptors (Lipinski definition) is 4. The molecule has 0 fully saturated rings. The van der Waals surface area contributed by atoms with E-state index in [-0.39, 0.29) is 11.9 Å². The molecule has 0 aromatic carbocycles. The number of thiazole rings is 1. The molecule has 0 N–H and O–H groups in total. The van der Waals surface area contributed by atoms with E-state index in [2.05, 4.69) is 4.98 Å². The van der Waals surface area contributed by atoms with Crippen molar-refractivity contribution in [2.75, 3.05) is 7.11 Å². The van der Waals surface area contributed by atoms with Gasteiger partial charge in [-0.2, -0.15) is 0 Å². The first kappa shape index (κ1) is 13.3. The highest BCUT2D eigenvalue weighted by Gasteiger charge is 2.10. The van der Waals surface area contributed by atoms with Crippen LogP contribution in [0.15, 0.2) is 0 Å². The Hall–Kier alpha value is -0.740. The van der Waals surface area contributed by atoms with Gasteiger partial charge < -0.3 is 4.74 Å². The second-order valence-corrected chi connectivity index (χ2v) is 5.34. The molecule has 16 heavy (non-hydrogen) atoms. The van der Waals surface area contributed by atoms with Crippen molar-refractivity contribution in [3.05, 3.63) is 15.6 Å². The number of ether oxygens (including phenoxy) is 1. The van der Waals surface area contributed by atoms with Crippen LogP contribution in [0.5, 0.6) is 0 Å². The summed E-state index contributed by atoms with van der Waals surface area (Å²) in [5.74, 6) is 0.248. The maximum Gasteiger partial charge on any atom is 0.139 e. The average molecular weight is 241 g/mol. The van der Waals surface area contributed by atoms with Crippen molar-refractivity contribution in [2.45, 2.75) is 46.1 Å². The minimum atomic E-state index is 0.156. The lowest BCUT2D eigenvalue weighted by Gasteiger charge is -2.07. The molecule has 90 valence electrons. The molecule has 1 aromatic rings. The number of hydrogen-bond donors (Lipinski definition) is 0. The molecule has 0 spiro atoms. The summed E-state index contributed by atoms with van der Waals surface area (Å²) >= 11 is 1.62. The molecule has 0 bridgehead atoms. The Bertz CT molecular complexity index is 340. The van der Waals surface area contributed by atoms with E-state index < -0.39 is 0 Å². The molecule has 1 unspecified atom stereocenters. The monoisotopic (exact) mass is 241 g/mol. The van der Waals surface area contributed by atoms with E-state index in [0.29, 0.717) is 12.8 Å². The topological polar surface area (TPSA) is 39.2 Å². The van der Waals surface area contributed by atoms with Crippen molar-refractivity contribution in [3.63, 3.8) is 0 Å². The van der Waals surface area contributed by atoms with Gasteiger partial charge in [0.1, 0.15) is 10.8 Å². The maximum absolute atomic E-state index is 11.7. The average Bonchev–Trinajstić information content (AvgIpc) is 2.54. The minimum Gasteiger partial charge on any atom is -0.382 e. The lowest BCUT2D eigenvalue weighted by molar-refractivity contribution is -0.119. The van der Waals surface area contributed by atoms with Gasteiger partial charge in [0.2, 0.25) is 0 Å². The second-order valence-electron chi connectivity index (χ2n) is 4.05. The Balaban J connectivity index is 2.40. The zero-order chi connectivity index (χ0) is 12.1. The molecule has 0 amide bonds. The zero-order valence-corrected chi connectivity index (χ0v) is 11.2. The van der Waals surface area contributed by atoms with Crippen LogP contribution in [-0.2, 0) is 16.0 Å². The van der Waals surface area contributed by atoms with Crippen LogP contribution in [-0.4, -0.2) is 24.0 Å². The quantitative estimate of drug-likeness (QED) is 0.768. The largest absolute Gasteiger partial charge is 0.382 e. The molecule has 0 saturated heterocycles. The number of carbonyl (C=O) groups excluding carboxylic acids is 1. The Morgan fingerprint density at radius 3 is 2.69 bits per heavy atom. The normalized spacial score (nSPS) is 12.8. The van der Waals surface area contributed by atoms with Crippen LogP contribution in [0.3, 0.4) is 0 Å². The number of Topliss-reactive ketones (excluding diaryl/α,β-unsaturated/α-hetero) is 1. The number of aryl methyl sites for hydroxylation is 2. The van der Waals surface area contributed by atoms with Gasteiger partial charge in [-0.25, -0.2) is 4.98 Å². The molecule has 4 heteroatoms. The Kier molecular flexibility index (Phi) is 5.09. The van der Waals surface area contributed by atoms with Crippen LogP contribution >= 0.6 is 11.3 Å². The number of methoxy groups -OCH3 is 1. The SMILES string of the molecule is COC(C)CCC(=O)Cc1nc(C)c(C)s1. The fourth-order valence-electron chi connectivity index (χ4n) is 1.35. The summed E-state index contributed by atoms with van der Waals surface area (Å²) in [7, 11) is 1.67. The van der Waals surface area contributed by atoms with E-state index in [1.807, 2.05) is 20.8 Å². The van der Waals surface area contributed by atoms with Gasteiger partial charge in [0, 0.05) is 18.4 Å². The van der Waals surface area contributed by atoms with Crippen LogP contribution in [0.1, 0.15) is 35.3 Å². The third-order valence-corrected chi connectivity index (χ3v) is 3.73. The standard InChI is InChI=1S/C12H19NO2S/c1-8(15-4)5-6-11(14)7-12-13-9(2)10(3)16-12/h8H,5-7H2,1-4H3. The Morgan fingerprint density at radius 2 is 2.19 bits per heavy atom. The van der Waals surface area contributed by atoms with E-state index in [1.54, 1.807) is 18.4 Å². The number of rotatable bonds is 6. The molecule has 3 nitrogen and oxygen atoms in total. The first-order chi connectivity index (χ1) is 7.52. The highest BCUT2D eigenvalue weighted by atomic mass is 32.1. The predicted octanol–water partition coefficient (Wildman–Crippen LogP) is 2.69. The van der Waals surface area contributed by atoms with E-state index in [1.165, 1.54) is 4.88 Å². The lowest BCUT2D eigenvalue weighted by Crippen LogP contribution is -2.10. The number of ketones is 1. The molecule has 1 aromatic heterocycles. The van der Waals surface area contributed by atoms with Crippen molar-refractivity contribution in [1.82, 2.24) is 4.98 Å². The van der Waals surface area contributed by atoms with Gasteiger partial charge in [0.25, 0.3) is 0 Å². The summed E-state index contributed by atoms with van der Waals surface area (Å²) < 4.78 is 5.11. The van der Waals surface area contributed by atoms with E-state index in [4.69, 9.17) is 4.74 Å². The zero-order valence-electron chi connectivity index (χ0n) is 10.4. The number of nitrogens with zero attached hydrogens (tertiary/aromatic N) is 1. The first-order valence-electron chi connectivity index (χ1n) is 5.50. The van der Waals surface area contributed by atoms with Crippen molar-refractivity contribution in [3.8, 4) is 0 Å². The molecular weight excluding hydrogens is 222 g/mol. The van der Waals surface area contributed by atoms with Crippen molar-refractivity contribution in [2.24, 2.45) is 0 Å². The summed E-state index contributed by atoms with van der Waals surface area (Å²) in [5, 5.41) is 0.935. The molecule has 0 aliphatic rings. The maximum atomic E-state index is 11.7. The molecule has 0 aliphatic carbocycles. The van der Waals surface area contributed by atoms with Gasteiger partial charge >= 0.3 is 0 Å². The highest BCUT2D eigenvalue weighted by molar-refractivity contribution is 7.11. The van der Waals surface area contributed by atoms with Gasteiger partial charge in [0.15, 0.2) is 0 Å². The lowest BCUT2D eigenvalue weighted by atomic mass is 10.1. The number of carbonyl (C=O) groups is 1. The fraction of sp³-hybridized carbons (Fsp3) is 0.667. The molecule has 1 rings (SSSR count). The number of aromatic nitrogens is 1. The van der Waals surface area contributed by atoms with E-state index in [9.17, 15) is 4.79 Å². The first-order valence-corrected chi connectivity index (χ1v) is 6.32. The van der Waals surface area contributed by atoms with Gasteiger partial charge in [0.05, 0.1) is 18.2 Å². The predicted molar refractivity (Wildman–Crippen MR) is 66.0 cm³/mol. The van der Waals surface area contributed by atoms with Crippen molar-refractivity contribution in [1.29, 1.82) is 0 Å². The van der Waals surface area contributed by atoms with Crippen LogP contribution < -0.4 is 0 Å². The minimum absolute atomic E-state index is 0.156. The van der Waals surface area contributed by atoms with Gasteiger partial charge in [-0.15, -0.1) is 11.3 Å². The second kappa shape index (κ2) is 6.11. The van der Waals surface area contributed by atoms with Gasteiger partial charge in [-0.3, -0.25) is 4.79 Å². The summed E-state index contributed by atoms with van der Waals surface area (Å²) in [6.07, 6.45) is 1.99. The van der Waals surface area contributed by atoms with Crippen LogP contribution in [0.25, 0.3) is 0 Å². The van der Waals surface area contributed by atoms with E-state index >= 15 is 0 Å². The third-order valence-electron chi connectivity index (χ3n) is 2.65. The fourth-order valence-corrected chi connectivity index (χ4v) is 2.32. The molecular formula is C12H19NO2S. The molecule has 0 aliphatic heterocycles. The summed E-state index contributed by atoms with van der Waals surface area (Å²) in [6.45, 7) is 5.99. The summed E-state index contributed by atoms with van der Waals surface area (Å²) in [4.78, 5) is 17.2. The molecule has 1 heterocycles. The third kappa shape index (κ3) is 4.02. The Labute approximate surface area is 101 Å². The van der Waals surface area contributed by atoms with E-state index in [0.717, 1.165) is 17.1 Å². The molecule has 0 saturated carbocycles. The van der Waals surface area contributed by atoms with Crippen molar-refractivity contribution >= 4 is 17.1 Å². The van der Waals surface area contributed by atoms with Crippen LogP contribution in [0.4, 0.5) is 0 Å². The van der Waals surface area contributed by atoms with Crippen LogP contribution in [0, 0.1) is 13.8 Å². The van der Waals surface area contributed by atoms with Crippen LogP contribution in [0.2, 0.25) is 0 Å². The molecule has 1 atom stereocenters. The van der Waals surface area contributed by atoms with Gasteiger partial charge in [-0.05, 0) is 27.2 Å². The smallest absolute Gasteiger partial charge is 0.139 e. The highest BCUT2D eigenvalue weighted by Crippen LogP contribution is 2.17. The molecule has 0 radical (unpaired) electrons. The summed E-state index contributed by atoms with van der Waals surface area (Å²) in [5.41, 5.74) is 1.04. The van der Waals surface area contributed by atoms with Gasteiger partial charge in [-0.1, -0.05) is 0 Å². The van der Waals surface area contributed by atoms with Crippen molar-refractivity contribution < 1.29 is 9.53 Å². The Morgan fingerprint density at radius 1 is 1.50 bits per heavy atom. The summed E-state index contributed by atoms with van der Waals surface area (Å²) in [6, 6.07) is 0.